The molecule has 4 bridgehead atoms. The fourth-order valence-electron chi connectivity index (χ4n) is 7.85. The minimum absolute atomic E-state index is 0.104. The standard InChI is InChI=1S/C25H43N3O5.C24H40N2O7/c29-14-5-24-1-3-25(4-2-24)23-28-8-6-26-10-15-30-19-21-32-17-12-27(7-9-28)13-18-33-22-20-31-16-11-26;27-10-3-22-1-2-23-24(21-22)33-16-9-26-6-13-30-19-17-28-11-4-25(8-15-32-23)5-12-29-18-20-31-14-7-26/h1-4,29H,5-23H2;1-2,21,27H,3-20H2. The summed E-state index contributed by atoms with van der Waals surface area (Å²) in [7, 11) is 0. The molecular formula is C49H83N5O12. The van der Waals surface area contributed by atoms with E-state index in [2.05, 4.69) is 48.8 Å². The minimum atomic E-state index is 0.104. The summed E-state index contributed by atoms with van der Waals surface area (Å²) in [5.41, 5.74) is 3.52. The monoisotopic (exact) mass is 934 g/mol. The van der Waals surface area contributed by atoms with Crippen molar-refractivity contribution in [2.75, 3.05) is 224 Å². The highest BCUT2D eigenvalue weighted by Crippen LogP contribution is 2.29. The molecular weight excluding hydrogens is 851 g/mol. The van der Waals surface area contributed by atoms with Gasteiger partial charge in [0.1, 0.15) is 13.2 Å². The van der Waals surface area contributed by atoms with Crippen molar-refractivity contribution in [1.82, 2.24) is 24.5 Å². The number of hydrogen-bond acceptors (Lipinski definition) is 17. The number of hydrogen-bond donors (Lipinski definition) is 2. The van der Waals surface area contributed by atoms with E-state index in [1.54, 1.807) is 0 Å². The maximum absolute atomic E-state index is 9.32. The molecule has 0 atom stereocenters. The number of ether oxygens (including phenoxy) is 10. The first-order valence-corrected chi connectivity index (χ1v) is 24.6. The molecule has 3 fully saturated rings. The van der Waals surface area contributed by atoms with E-state index in [1.807, 2.05) is 18.2 Å². The lowest BCUT2D eigenvalue weighted by molar-refractivity contribution is 0.00506. The van der Waals surface area contributed by atoms with E-state index in [0.717, 1.165) is 109 Å². The Morgan fingerprint density at radius 3 is 1.03 bits per heavy atom. The zero-order chi connectivity index (χ0) is 46.0. The van der Waals surface area contributed by atoms with Crippen LogP contribution in [0.1, 0.15) is 16.7 Å². The highest BCUT2D eigenvalue weighted by Gasteiger charge is 2.16. The van der Waals surface area contributed by atoms with Crippen molar-refractivity contribution in [3.05, 3.63) is 59.2 Å². The quantitative estimate of drug-likeness (QED) is 0.402. The molecule has 17 nitrogen and oxygen atoms in total. The van der Waals surface area contributed by atoms with Crippen LogP contribution in [0.3, 0.4) is 0 Å². The van der Waals surface area contributed by atoms with Crippen LogP contribution in [-0.2, 0) is 57.3 Å². The Balaban J connectivity index is 0.000000247. The first-order chi connectivity index (χ1) is 32.7. The summed E-state index contributed by atoms with van der Waals surface area (Å²) in [6, 6.07) is 14.6. The van der Waals surface area contributed by atoms with Gasteiger partial charge in [-0.2, -0.15) is 0 Å². The Hall–Kier alpha value is -2.56. The third kappa shape index (κ3) is 24.1. The number of benzene rings is 2. The molecule has 17 heteroatoms. The molecule has 0 spiro atoms. The van der Waals surface area contributed by atoms with Crippen molar-refractivity contribution in [3.63, 3.8) is 0 Å². The van der Waals surface area contributed by atoms with Gasteiger partial charge in [0.2, 0.25) is 0 Å². The van der Waals surface area contributed by atoms with E-state index in [-0.39, 0.29) is 13.2 Å². The van der Waals surface area contributed by atoms with Crippen LogP contribution in [0.5, 0.6) is 11.5 Å². The lowest BCUT2D eigenvalue weighted by atomic mass is 10.1. The SMILES string of the molecule is OCCc1ccc(CN2CCN3CCOCCOCCN(CCOCCOCC3)CC2)cc1.OCCc1ccc2c(c1)OCCN1CCOCCOCCN(CCOCCOCC1)CCO2. The largest absolute Gasteiger partial charge is 0.488 e. The molecule has 2 aromatic rings. The maximum Gasteiger partial charge on any atom is 0.161 e. The fraction of sp³-hybridized carbons (Fsp3) is 0.755. The van der Waals surface area contributed by atoms with Gasteiger partial charge in [0, 0.05) is 111 Å². The van der Waals surface area contributed by atoms with Gasteiger partial charge in [-0.05, 0) is 41.7 Å². The van der Waals surface area contributed by atoms with E-state index in [0.29, 0.717) is 138 Å². The van der Waals surface area contributed by atoms with Gasteiger partial charge in [0.25, 0.3) is 0 Å². The molecule has 2 N–H and O–H groups in total. The molecule has 5 aliphatic heterocycles. The lowest BCUT2D eigenvalue weighted by Gasteiger charge is -2.30. The predicted molar refractivity (Wildman–Crippen MR) is 253 cm³/mol. The summed E-state index contributed by atoms with van der Waals surface area (Å²) in [5.74, 6) is 1.44. The van der Waals surface area contributed by atoms with Crippen molar-refractivity contribution in [2.45, 2.75) is 19.4 Å². The van der Waals surface area contributed by atoms with E-state index >= 15 is 0 Å². The minimum Gasteiger partial charge on any atom is -0.488 e. The van der Waals surface area contributed by atoms with Crippen molar-refractivity contribution in [2.24, 2.45) is 0 Å². The zero-order valence-corrected chi connectivity index (χ0v) is 39.9. The van der Waals surface area contributed by atoms with Crippen LogP contribution in [0.2, 0.25) is 0 Å². The summed E-state index contributed by atoms with van der Waals surface area (Å²) in [4.78, 5) is 12.0. The van der Waals surface area contributed by atoms with E-state index in [4.69, 9.17) is 47.4 Å². The lowest BCUT2D eigenvalue weighted by Crippen LogP contribution is -2.42. The van der Waals surface area contributed by atoms with E-state index < -0.39 is 0 Å². The van der Waals surface area contributed by atoms with Gasteiger partial charge in [0.05, 0.1) is 106 Å². The smallest absolute Gasteiger partial charge is 0.161 e. The molecule has 2 aromatic carbocycles. The van der Waals surface area contributed by atoms with Crippen LogP contribution in [0.25, 0.3) is 0 Å². The van der Waals surface area contributed by atoms with Crippen LogP contribution < -0.4 is 9.47 Å². The molecule has 0 aliphatic carbocycles. The highest BCUT2D eigenvalue weighted by molar-refractivity contribution is 5.43. The van der Waals surface area contributed by atoms with Crippen LogP contribution in [-0.4, -0.2) is 258 Å². The van der Waals surface area contributed by atoms with Gasteiger partial charge in [-0.25, -0.2) is 0 Å². The first-order valence-electron chi connectivity index (χ1n) is 24.6. The Labute approximate surface area is 394 Å². The number of rotatable bonds is 6. The summed E-state index contributed by atoms with van der Waals surface area (Å²) < 4.78 is 58.6. The van der Waals surface area contributed by atoms with Crippen molar-refractivity contribution in [3.8, 4) is 11.5 Å². The molecule has 0 radical (unpaired) electrons. The van der Waals surface area contributed by atoms with Gasteiger partial charge in [-0.15, -0.1) is 0 Å². The van der Waals surface area contributed by atoms with Crippen molar-refractivity contribution < 1.29 is 57.6 Å². The molecule has 7 rings (SSSR count). The molecule has 0 amide bonds. The summed E-state index contributed by atoms with van der Waals surface area (Å²) in [5, 5.41) is 18.5. The molecule has 5 heterocycles. The number of nitrogens with zero attached hydrogens (tertiary/aromatic N) is 5. The summed E-state index contributed by atoms with van der Waals surface area (Å²) in [6.07, 6.45) is 1.30. The molecule has 66 heavy (non-hydrogen) atoms. The Morgan fingerprint density at radius 1 is 0.318 bits per heavy atom. The fourth-order valence-corrected chi connectivity index (χ4v) is 7.85. The van der Waals surface area contributed by atoms with Crippen LogP contribution in [0.15, 0.2) is 42.5 Å². The third-order valence-corrected chi connectivity index (χ3v) is 11.9. The summed E-state index contributed by atoms with van der Waals surface area (Å²) >= 11 is 0. The highest BCUT2D eigenvalue weighted by atomic mass is 16.5. The molecule has 0 unspecified atom stereocenters. The van der Waals surface area contributed by atoms with Gasteiger partial charge in [-0.3, -0.25) is 24.5 Å². The number of aliphatic hydroxyl groups excluding tert-OH is 2. The molecule has 5 aliphatic rings. The van der Waals surface area contributed by atoms with Gasteiger partial charge in [0.15, 0.2) is 11.5 Å². The van der Waals surface area contributed by atoms with E-state index in [1.165, 1.54) is 11.1 Å². The van der Waals surface area contributed by atoms with Crippen molar-refractivity contribution >= 4 is 0 Å². The van der Waals surface area contributed by atoms with Crippen LogP contribution in [0.4, 0.5) is 0 Å². The van der Waals surface area contributed by atoms with E-state index in [9.17, 15) is 10.2 Å². The maximum atomic E-state index is 9.32. The third-order valence-electron chi connectivity index (χ3n) is 11.9. The summed E-state index contributed by atoms with van der Waals surface area (Å²) in [6.45, 7) is 24.9. The molecule has 0 saturated carbocycles. The Kier molecular flexibility index (Phi) is 29.3. The van der Waals surface area contributed by atoms with Gasteiger partial charge < -0.3 is 57.6 Å². The molecule has 376 valence electrons. The second-order valence-electron chi connectivity index (χ2n) is 16.8. The second-order valence-corrected chi connectivity index (χ2v) is 16.8. The van der Waals surface area contributed by atoms with Gasteiger partial charge >= 0.3 is 0 Å². The number of fused-ring (bicyclic) bond motifs is 24. The van der Waals surface area contributed by atoms with Gasteiger partial charge in [-0.1, -0.05) is 30.3 Å². The topological polar surface area (TPSA) is 149 Å². The Bertz CT molecular complexity index is 1420. The molecule has 3 saturated heterocycles. The zero-order valence-electron chi connectivity index (χ0n) is 39.9. The van der Waals surface area contributed by atoms with Crippen molar-refractivity contribution in [1.29, 1.82) is 0 Å². The van der Waals surface area contributed by atoms with Crippen LogP contribution >= 0.6 is 0 Å². The average molecular weight is 934 g/mol. The Morgan fingerprint density at radius 2 is 0.636 bits per heavy atom. The first kappa shape index (κ1) is 54.4. The van der Waals surface area contributed by atoms with Crippen LogP contribution in [0, 0.1) is 0 Å². The number of aliphatic hydroxyl groups is 2. The average Bonchev–Trinajstić information content (AvgIpc) is 3.33. The normalized spacial score (nSPS) is 25.6. The molecule has 0 aromatic heterocycles. The second kappa shape index (κ2) is 35.5. The predicted octanol–water partition coefficient (Wildman–Crippen LogP) is 1.40.